The minimum Gasteiger partial charge on any atom is -0.444 e. The molecule has 8 nitrogen and oxygen atoms in total. The maximum Gasteiger partial charge on any atom is 0.410 e. The highest BCUT2D eigenvalue weighted by atomic mass is 32.2. The molecule has 1 aromatic carbocycles. The van der Waals surface area contributed by atoms with E-state index in [2.05, 4.69) is 23.3 Å². The second kappa shape index (κ2) is 10.5. The molecule has 0 aliphatic carbocycles. The van der Waals surface area contributed by atoms with Crippen molar-refractivity contribution in [3.63, 3.8) is 0 Å². The van der Waals surface area contributed by atoms with Gasteiger partial charge in [0.2, 0.25) is 5.95 Å². The van der Waals surface area contributed by atoms with Crippen molar-refractivity contribution in [1.82, 2.24) is 14.9 Å². The Morgan fingerprint density at radius 1 is 1.17 bits per heavy atom. The topological polar surface area (TPSA) is 96.8 Å². The number of hydrogen-bond acceptors (Lipinski definition) is 8. The molecule has 2 N–H and O–H groups in total. The smallest absolute Gasteiger partial charge is 0.410 e. The van der Waals surface area contributed by atoms with Crippen molar-refractivity contribution >= 4 is 35.0 Å². The summed E-state index contributed by atoms with van der Waals surface area (Å²) in [7, 11) is 0. The second-order valence-corrected chi connectivity index (χ2v) is 12.0. The van der Waals surface area contributed by atoms with Crippen LogP contribution in [-0.2, 0) is 15.3 Å². The highest BCUT2D eigenvalue weighted by Gasteiger charge is 2.37. The fraction of sp³-hybridized carbons (Fsp3) is 0.654. The molecule has 9 heteroatoms. The molecule has 0 unspecified atom stereocenters. The molecule has 2 aromatic rings. The van der Waals surface area contributed by atoms with Gasteiger partial charge in [0, 0.05) is 47.7 Å². The molecule has 0 atom stereocenters. The van der Waals surface area contributed by atoms with Gasteiger partial charge in [-0.3, -0.25) is 0 Å². The van der Waals surface area contributed by atoms with Crippen molar-refractivity contribution in [1.29, 1.82) is 0 Å². The zero-order valence-electron chi connectivity index (χ0n) is 22.3. The number of aromatic nitrogens is 2. The van der Waals surface area contributed by atoms with Gasteiger partial charge in [-0.05, 0) is 85.4 Å². The number of ether oxygens (including phenoxy) is 1. The number of nitrogens with one attached hydrogen (secondary N) is 1. The number of hydrogen-bond donors (Lipinski definition) is 2. The molecule has 35 heavy (non-hydrogen) atoms. The molecule has 0 radical (unpaired) electrons. The van der Waals surface area contributed by atoms with E-state index >= 15 is 0 Å². The number of amides is 1. The van der Waals surface area contributed by atoms with Crippen LogP contribution < -0.4 is 5.32 Å². The molecule has 0 bridgehead atoms. The molecule has 1 aliphatic rings. The zero-order valence-corrected chi connectivity index (χ0v) is 23.1. The van der Waals surface area contributed by atoms with Crippen molar-refractivity contribution in [3.05, 3.63) is 23.9 Å². The van der Waals surface area contributed by atoms with Crippen molar-refractivity contribution in [3.8, 4) is 0 Å². The number of rotatable bonds is 7. The third-order valence-corrected chi connectivity index (χ3v) is 7.34. The molecule has 194 valence electrons. The van der Waals surface area contributed by atoms with Gasteiger partial charge in [0.1, 0.15) is 11.2 Å². The summed E-state index contributed by atoms with van der Waals surface area (Å²) in [6.07, 6.45) is 4.03. The molecule has 2 heterocycles. The predicted molar refractivity (Wildman–Crippen MR) is 141 cm³/mol. The molecular formula is C26H40N4O4S. The van der Waals surface area contributed by atoms with E-state index in [0.717, 1.165) is 40.6 Å². The van der Waals surface area contributed by atoms with Crippen LogP contribution in [0.3, 0.4) is 0 Å². The Morgan fingerprint density at radius 3 is 2.40 bits per heavy atom. The van der Waals surface area contributed by atoms with Crippen LogP contribution in [0.1, 0.15) is 73.8 Å². The zero-order chi connectivity index (χ0) is 26.0. The third-order valence-electron chi connectivity index (χ3n) is 6.42. The van der Waals surface area contributed by atoms with Gasteiger partial charge in [-0.1, -0.05) is 6.92 Å². The van der Waals surface area contributed by atoms with Crippen LogP contribution in [0.15, 0.2) is 23.2 Å². The normalized spacial score (nSPS) is 16.0. The van der Waals surface area contributed by atoms with E-state index in [1.165, 1.54) is 12.0 Å². The van der Waals surface area contributed by atoms with Crippen molar-refractivity contribution in [2.24, 2.45) is 0 Å². The lowest BCUT2D eigenvalue weighted by atomic mass is 9.90. The predicted octanol–water partition coefficient (Wildman–Crippen LogP) is 5.58. The van der Waals surface area contributed by atoms with Crippen LogP contribution in [-0.4, -0.2) is 62.0 Å². The lowest BCUT2D eigenvalue weighted by molar-refractivity contribution is -0.0813. The quantitative estimate of drug-likeness (QED) is 0.472. The molecule has 1 aliphatic heterocycles. The highest BCUT2D eigenvalue weighted by Crippen LogP contribution is 2.35. The first-order valence-corrected chi connectivity index (χ1v) is 13.0. The number of nitrogens with zero attached hydrogens (tertiary/aromatic N) is 3. The standard InChI is InChI=1S/C26H40N4O4S/c1-9-17-14-20(35-34-26(7,8)25(5,6)32)15-18-16-27-22(29-21(17)18)28-19-10-12-30(13-11-19)23(31)33-24(2,3)4/h14-16,19,32H,9-13H2,1-8H3,(H,27,28,29). The number of piperidine rings is 1. The number of carbonyl (C=O) groups is 1. The summed E-state index contributed by atoms with van der Waals surface area (Å²) in [6.45, 7) is 16.3. The monoisotopic (exact) mass is 504 g/mol. The molecule has 1 aromatic heterocycles. The number of likely N-dealkylation sites (tertiary alicyclic amines) is 1. The van der Waals surface area contributed by atoms with Crippen LogP contribution >= 0.6 is 12.0 Å². The van der Waals surface area contributed by atoms with Gasteiger partial charge in [0.05, 0.1) is 11.1 Å². The van der Waals surface area contributed by atoms with Crippen molar-refractivity contribution in [2.75, 3.05) is 18.4 Å². The largest absolute Gasteiger partial charge is 0.444 e. The van der Waals surface area contributed by atoms with E-state index in [0.29, 0.717) is 19.0 Å². The molecule has 0 saturated carbocycles. The summed E-state index contributed by atoms with van der Waals surface area (Å²) in [5, 5.41) is 14.8. The third kappa shape index (κ3) is 7.21. The number of fused-ring (bicyclic) bond motifs is 1. The van der Waals surface area contributed by atoms with E-state index in [-0.39, 0.29) is 12.1 Å². The first kappa shape index (κ1) is 27.5. The Balaban J connectivity index is 1.67. The van der Waals surface area contributed by atoms with Gasteiger partial charge >= 0.3 is 6.09 Å². The van der Waals surface area contributed by atoms with E-state index in [1.807, 2.05) is 46.9 Å². The summed E-state index contributed by atoms with van der Waals surface area (Å²) >= 11 is 1.26. The summed E-state index contributed by atoms with van der Waals surface area (Å²) in [4.78, 5) is 24.4. The van der Waals surface area contributed by atoms with Crippen LogP contribution in [0.2, 0.25) is 0 Å². The second-order valence-electron chi connectivity index (χ2n) is 11.2. The van der Waals surface area contributed by atoms with Crippen molar-refractivity contribution < 1.29 is 18.8 Å². The average Bonchev–Trinajstić information content (AvgIpc) is 2.76. The van der Waals surface area contributed by atoms with E-state index in [1.54, 1.807) is 18.7 Å². The van der Waals surface area contributed by atoms with Crippen LogP contribution in [0, 0.1) is 0 Å². The summed E-state index contributed by atoms with van der Waals surface area (Å²) in [5.41, 5.74) is -0.153. The minimum absolute atomic E-state index is 0.198. The SMILES string of the molecule is CCc1cc(SOC(C)(C)C(C)(C)O)cc2cnc(NC3CCN(C(=O)OC(C)(C)C)CC3)nc12. The Labute approximate surface area is 213 Å². The van der Waals surface area contributed by atoms with E-state index < -0.39 is 16.8 Å². The summed E-state index contributed by atoms with van der Waals surface area (Å²) in [5.74, 6) is 0.600. The highest BCUT2D eigenvalue weighted by molar-refractivity contribution is 7.94. The average molecular weight is 505 g/mol. The number of carbonyl (C=O) groups excluding carboxylic acids is 1. The number of aryl methyl sites for hydroxylation is 1. The first-order valence-electron chi connectivity index (χ1n) is 12.3. The fourth-order valence-electron chi connectivity index (χ4n) is 3.55. The van der Waals surface area contributed by atoms with Gasteiger partial charge in [0.25, 0.3) is 0 Å². The van der Waals surface area contributed by atoms with Gasteiger partial charge in [-0.2, -0.15) is 0 Å². The van der Waals surface area contributed by atoms with Gasteiger partial charge < -0.3 is 24.2 Å². The molecule has 1 amide bonds. The van der Waals surface area contributed by atoms with Crippen LogP contribution in [0.4, 0.5) is 10.7 Å². The number of anilines is 1. The lowest BCUT2D eigenvalue weighted by Gasteiger charge is -2.35. The summed E-state index contributed by atoms with van der Waals surface area (Å²) < 4.78 is 11.5. The minimum atomic E-state index is -0.975. The summed E-state index contributed by atoms with van der Waals surface area (Å²) in [6, 6.07) is 4.30. The Bertz CT molecular complexity index is 1040. The Kier molecular flexibility index (Phi) is 8.23. The van der Waals surface area contributed by atoms with E-state index in [9.17, 15) is 9.90 Å². The lowest BCUT2D eigenvalue weighted by Crippen LogP contribution is -2.45. The fourth-order valence-corrected chi connectivity index (χ4v) is 4.42. The molecule has 1 fully saturated rings. The number of benzene rings is 1. The van der Waals surface area contributed by atoms with Gasteiger partial charge in [-0.25, -0.2) is 14.8 Å². The van der Waals surface area contributed by atoms with Crippen molar-refractivity contribution in [2.45, 2.75) is 102 Å². The maximum absolute atomic E-state index is 12.3. The van der Waals surface area contributed by atoms with Gasteiger partial charge in [0.15, 0.2) is 0 Å². The molecule has 0 spiro atoms. The molecule has 1 saturated heterocycles. The Hall–Kier alpha value is -2.10. The van der Waals surface area contributed by atoms with E-state index in [4.69, 9.17) is 13.9 Å². The van der Waals surface area contributed by atoms with Gasteiger partial charge in [-0.15, -0.1) is 0 Å². The van der Waals surface area contributed by atoms with Crippen LogP contribution in [0.5, 0.6) is 0 Å². The Morgan fingerprint density at radius 2 is 1.83 bits per heavy atom. The molecular weight excluding hydrogens is 464 g/mol. The number of aliphatic hydroxyl groups is 1. The first-order chi connectivity index (χ1) is 16.2. The molecule has 3 rings (SSSR count). The maximum atomic E-state index is 12.3. The van der Waals surface area contributed by atoms with Crippen LogP contribution in [0.25, 0.3) is 10.9 Å².